The lowest BCUT2D eigenvalue weighted by Gasteiger charge is -2.52. The molecule has 0 radical (unpaired) electrons. The Morgan fingerprint density at radius 2 is 1.91 bits per heavy atom. The van der Waals surface area contributed by atoms with Crippen molar-refractivity contribution in [2.24, 2.45) is 17.8 Å². The summed E-state index contributed by atoms with van der Waals surface area (Å²) in [5.74, 6) is -0.0232. The standard InChI is InChI=1S/C41H55ClN4O6S/c1-28-7-5-17-41(52-48,26-44-19-20-45-18-4-3-9-34(45)24-44)36-13-10-32(36)23-46-25-40(16-6-8-30-21-33(42)12-14-35(30)40)27-51-38-15-11-31(22-37(38)46)39(47)43-53(49,50)29(28)2/h5,11-12,14-15,17,21-22,28-29,32,34,36,48H,3-4,6-10,13,16,18-20,23-27H2,1-2H3,(H,43,47)/b17-5+/t28-,29+,32-,34+,36+,40-,41-/m0/s1. The van der Waals surface area contributed by atoms with Gasteiger partial charge in [-0.25, -0.2) is 18.0 Å². The molecule has 2 aromatic rings. The zero-order valence-corrected chi connectivity index (χ0v) is 32.7. The van der Waals surface area contributed by atoms with Gasteiger partial charge in [0.1, 0.15) is 11.4 Å². The Morgan fingerprint density at radius 3 is 2.72 bits per heavy atom. The number of carbonyl (C=O) groups excluding carboxylic acids is 1. The SMILES string of the molecule is C[C@@H]1[C@@H](C)C/C=C/[C@@](CN2CCN3CCCC[C@@H]3C2)(OO)[C@@H]2CC[C@H]2CN2C[C@@]3(CCCc4cc(Cl)ccc43)COc3ccc(cc32)C(=O)NS1(=O)=O. The van der Waals surface area contributed by atoms with Gasteiger partial charge in [0.2, 0.25) is 10.0 Å². The number of halogens is 1. The van der Waals surface area contributed by atoms with Crippen LogP contribution >= 0.6 is 11.6 Å². The summed E-state index contributed by atoms with van der Waals surface area (Å²) >= 11 is 6.49. The summed E-state index contributed by atoms with van der Waals surface area (Å²) in [6.45, 7) is 10.00. The number of ether oxygens (including phenoxy) is 1. The first-order valence-corrected chi connectivity index (χ1v) is 21.7. The number of allylic oxidation sites excluding steroid dienone is 1. The third-order valence-corrected chi connectivity index (χ3v) is 15.9. The molecule has 8 rings (SSSR count). The van der Waals surface area contributed by atoms with Crippen LogP contribution in [0.1, 0.15) is 86.7 Å². The van der Waals surface area contributed by atoms with Crippen molar-refractivity contribution in [1.82, 2.24) is 14.5 Å². The van der Waals surface area contributed by atoms with E-state index in [2.05, 4.69) is 31.6 Å². The van der Waals surface area contributed by atoms with Crippen LogP contribution in [0.25, 0.3) is 0 Å². The van der Waals surface area contributed by atoms with Gasteiger partial charge in [-0.1, -0.05) is 43.2 Å². The molecule has 2 bridgehead atoms. The first-order valence-electron chi connectivity index (χ1n) is 19.8. The number of piperazine rings is 1. The predicted octanol–water partition coefficient (Wildman–Crippen LogP) is 6.28. The molecule has 7 atom stereocenters. The molecule has 6 aliphatic rings. The van der Waals surface area contributed by atoms with Crippen molar-refractivity contribution in [3.05, 3.63) is 70.3 Å². The van der Waals surface area contributed by atoms with E-state index in [1.54, 1.807) is 19.1 Å². The maximum absolute atomic E-state index is 13.6. The van der Waals surface area contributed by atoms with Crippen LogP contribution in [-0.2, 0) is 26.7 Å². The molecule has 0 aromatic heterocycles. The van der Waals surface area contributed by atoms with Crippen LogP contribution in [0.2, 0.25) is 5.02 Å². The number of rotatable bonds is 3. The molecule has 1 saturated carbocycles. The molecule has 1 amide bonds. The lowest BCUT2D eigenvalue weighted by Crippen LogP contribution is -2.61. The van der Waals surface area contributed by atoms with Crippen molar-refractivity contribution in [1.29, 1.82) is 0 Å². The van der Waals surface area contributed by atoms with Gasteiger partial charge in [-0.05, 0) is 118 Å². The number of aryl methyl sites for hydroxylation is 1. The largest absolute Gasteiger partial charge is 0.490 e. The van der Waals surface area contributed by atoms with E-state index in [0.29, 0.717) is 44.5 Å². The van der Waals surface area contributed by atoms with Gasteiger partial charge in [0.15, 0.2) is 0 Å². The van der Waals surface area contributed by atoms with E-state index in [0.717, 1.165) is 69.0 Å². The lowest BCUT2D eigenvalue weighted by atomic mass is 9.63. The van der Waals surface area contributed by atoms with Crippen molar-refractivity contribution in [2.45, 2.75) is 93.9 Å². The second kappa shape index (κ2) is 14.8. The Kier molecular flexibility index (Phi) is 10.4. The molecule has 3 fully saturated rings. The fraction of sp³-hybridized carbons (Fsp3) is 0.634. The van der Waals surface area contributed by atoms with E-state index >= 15 is 0 Å². The van der Waals surface area contributed by atoms with Gasteiger partial charge in [-0.15, -0.1) is 0 Å². The maximum Gasteiger partial charge on any atom is 0.264 e. The smallest absolute Gasteiger partial charge is 0.264 e. The van der Waals surface area contributed by atoms with Gasteiger partial charge in [-0.2, -0.15) is 0 Å². The number of nitrogens with zero attached hydrogens (tertiary/aromatic N) is 3. The molecule has 288 valence electrons. The Morgan fingerprint density at radius 1 is 1.04 bits per heavy atom. The molecule has 1 spiro atoms. The highest BCUT2D eigenvalue weighted by molar-refractivity contribution is 7.90. The van der Waals surface area contributed by atoms with E-state index in [-0.39, 0.29) is 28.7 Å². The number of carbonyl (C=O) groups is 1. The third kappa shape index (κ3) is 7.15. The Labute approximate surface area is 319 Å². The molecule has 2 N–H and O–H groups in total. The fourth-order valence-corrected chi connectivity index (χ4v) is 11.8. The predicted molar refractivity (Wildman–Crippen MR) is 207 cm³/mol. The summed E-state index contributed by atoms with van der Waals surface area (Å²) in [4.78, 5) is 26.9. The Hall–Kier alpha value is -2.67. The molecule has 53 heavy (non-hydrogen) atoms. The van der Waals surface area contributed by atoms with Crippen molar-refractivity contribution >= 4 is 33.2 Å². The molecule has 4 heterocycles. The van der Waals surface area contributed by atoms with Crippen LogP contribution in [0.4, 0.5) is 5.69 Å². The van der Waals surface area contributed by atoms with Crippen LogP contribution in [0.15, 0.2) is 48.6 Å². The second-order valence-corrected chi connectivity index (χ2v) is 19.5. The lowest BCUT2D eigenvalue weighted by molar-refractivity contribution is -0.335. The van der Waals surface area contributed by atoms with Crippen LogP contribution < -0.4 is 14.4 Å². The van der Waals surface area contributed by atoms with E-state index in [1.807, 2.05) is 31.2 Å². The average molecular weight is 767 g/mol. The molecular formula is C41H55ClN4O6S. The van der Waals surface area contributed by atoms with E-state index < -0.39 is 26.8 Å². The number of hydrogen-bond acceptors (Lipinski definition) is 9. The summed E-state index contributed by atoms with van der Waals surface area (Å²) in [7, 11) is -4.00. The zero-order valence-electron chi connectivity index (χ0n) is 31.1. The number of amides is 1. The number of sulfonamides is 1. The van der Waals surface area contributed by atoms with Crippen LogP contribution in [0.3, 0.4) is 0 Å². The Balaban J connectivity index is 1.19. The molecule has 10 nitrogen and oxygen atoms in total. The van der Waals surface area contributed by atoms with Crippen LogP contribution in [0.5, 0.6) is 5.75 Å². The normalized spacial score (nSPS) is 35.4. The minimum Gasteiger partial charge on any atom is -0.490 e. The number of fused-ring (bicyclic) bond motifs is 5. The average Bonchev–Trinajstić information content (AvgIpc) is 3.28. The van der Waals surface area contributed by atoms with Gasteiger partial charge in [0.25, 0.3) is 5.91 Å². The highest BCUT2D eigenvalue weighted by Gasteiger charge is 2.51. The number of anilines is 1. The van der Waals surface area contributed by atoms with Gasteiger partial charge in [0, 0.05) is 67.2 Å². The van der Waals surface area contributed by atoms with Crippen molar-refractivity contribution in [2.75, 3.05) is 57.3 Å². The topological polar surface area (TPSA) is 112 Å². The van der Waals surface area contributed by atoms with Gasteiger partial charge in [-0.3, -0.25) is 19.9 Å². The molecule has 2 aliphatic carbocycles. The fourth-order valence-electron chi connectivity index (χ4n) is 10.4. The molecular weight excluding hydrogens is 712 g/mol. The minimum atomic E-state index is -4.00. The van der Waals surface area contributed by atoms with Crippen molar-refractivity contribution in [3.8, 4) is 5.75 Å². The van der Waals surface area contributed by atoms with Crippen LogP contribution in [0, 0.1) is 17.8 Å². The highest BCUT2D eigenvalue weighted by atomic mass is 35.5. The summed E-state index contributed by atoms with van der Waals surface area (Å²) in [5, 5.41) is 10.9. The second-order valence-electron chi connectivity index (χ2n) is 17.0. The van der Waals surface area contributed by atoms with Crippen molar-refractivity contribution < 1.29 is 28.1 Å². The molecule has 2 aromatic carbocycles. The highest BCUT2D eigenvalue weighted by Crippen LogP contribution is 2.49. The van der Waals surface area contributed by atoms with Gasteiger partial charge < -0.3 is 9.64 Å². The van der Waals surface area contributed by atoms with Crippen LogP contribution in [-0.4, -0.2) is 98.7 Å². The molecule has 12 heteroatoms. The monoisotopic (exact) mass is 766 g/mol. The molecule has 2 saturated heterocycles. The third-order valence-electron chi connectivity index (χ3n) is 13.8. The quantitative estimate of drug-likeness (QED) is 0.212. The van der Waals surface area contributed by atoms with Gasteiger partial charge >= 0.3 is 0 Å². The van der Waals surface area contributed by atoms with E-state index in [9.17, 15) is 18.5 Å². The molecule has 0 unspecified atom stereocenters. The summed E-state index contributed by atoms with van der Waals surface area (Å²) < 4.78 is 36.3. The summed E-state index contributed by atoms with van der Waals surface area (Å²) in [5.41, 5.74) is 2.30. The first-order chi connectivity index (χ1) is 25.5. The zero-order chi connectivity index (χ0) is 37.0. The van der Waals surface area contributed by atoms with Crippen molar-refractivity contribution in [3.63, 3.8) is 0 Å². The number of piperidine rings is 1. The van der Waals surface area contributed by atoms with E-state index in [1.165, 1.54) is 30.4 Å². The molecule has 4 aliphatic heterocycles. The number of hydrogen-bond donors (Lipinski definition) is 2. The summed E-state index contributed by atoms with van der Waals surface area (Å²) in [6, 6.07) is 12.0. The number of benzene rings is 2. The van der Waals surface area contributed by atoms with E-state index in [4.69, 9.17) is 21.2 Å². The summed E-state index contributed by atoms with van der Waals surface area (Å²) in [6.07, 6.45) is 13.0. The minimum absolute atomic E-state index is 0.0324. The maximum atomic E-state index is 13.6. The number of nitrogens with one attached hydrogen (secondary N) is 1. The van der Waals surface area contributed by atoms with Gasteiger partial charge in [0.05, 0.1) is 17.5 Å². The first kappa shape index (κ1) is 37.3. The Bertz CT molecular complexity index is 1840.